The summed E-state index contributed by atoms with van der Waals surface area (Å²) in [6, 6.07) is 26.1. The second-order valence-electron chi connectivity index (χ2n) is 15.8. The molecule has 0 aromatic heterocycles. The normalized spacial score (nSPS) is 15.6. The van der Waals surface area contributed by atoms with E-state index in [1.807, 2.05) is 12.1 Å². The second kappa shape index (κ2) is 16.9. The molecule has 0 unspecified atom stereocenters. The fourth-order valence-electron chi connectivity index (χ4n) is 7.16. The van der Waals surface area contributed by atoms with Crippen LogP contribution < -0.4 is 23.7 Å². The minimum Gasteiger partial charge on any atom is -0.493 e. The van der Waals surface area contributed by atoms with E-state index in [1.54, 1.807) is 21.3 Å². The first-order valence-corrected chi connectivity index (χ1v) is 18.9. The van der Waals surface area contributed by atoms with E-state index in [0.29, 0.717) is 70.1 Å². The van der Waals surface area contributed by atoms with Gasteiger partial charge < -0.3 is 37.9 Å². The van der Waals surface area contributed by atoms with Crippen LogP contribution in [-0.4, -0.2) is 74.2 Å². The first-order valence-electron chi connectivity index (χ1n) is 18.9. The lowest BCUT2D eigenvalue weighted by atomic mass is 9.78. The maximum atomic E-state index is 6.73. The third kappa shape index (κ3) is 8.57. The standard InChI is InChI=1S/C46H56O8/c1-45(2,3)33-12-14-35-30(26-33)10-16-37-42(35)41(32-28-39(47-7)44(49-9)40(29-32)48-8)43-36-15-13-34(46(4,5)6)27-31(36)11-17-38(43)54-25-23-52-21-19-50-18-20-51-22-24-53-37/h10-17,26-29,41H,18-25H2,1-9H3. The summed E-state index contributed by atoms with van der Waals surface area (Å²) in [5.74, 6) is 2.74. The van der Waals surface area contributed by atoms with Crippen molar-refractivity contribution < 1.29 is 37.9 Å². The zero-order chi connectivity index (χ0) is 38.5. The Labute approximate surface area is 320 Å². The molecule has 0 N–H and O–H groups in total. The van der Waals surface area contributed by atoms with Crippen LogP contribution in [0.25, 0.3) is 21.5 Å². The van der Waals surface area contributed by atoms with Gasteiger partial charge in [0.05, 0.1) is 61.0 Å². The lowest BCUT2D eigenvalue weighted by Crippen LogP contribution is -2.17. The van der Waals surface area contributed by atoms with E-state index in [-0.39, 0.29) is 10.8 Å². The SMILES string of the molecule is COc1cc(C2c3c(ccc4cc(C(C)(C)C)ccc34)OCCOCCOCCOCCOc3ccc4cc(C(C)(C)C)ccc4c32)cc(OC)c1OC. The fraction of sp³-hybridized carbons (Fsp3) is 0.435. The summed E-state index contributed by atoms with van der Waals surface area (Å²) >= 11 is 0. The summed E-state index contributed by atoms with van der Waals surface area (Å²) in [6.45, 7) is 16.9. The van der Waals surface area contributed by atoms with Gasteiger partial charge in [-0.3, -0.25) is 0 Å². The van der Waals surface area contributed by atoms with E-state index in [4.69, 9.17) is 37.9 Å². The second-order valence-corrected chi connectivity index (χ2v) is 15.8. The van der Waals surface area contributed by atoms with Crippen LogP contribution in [0.3, 0.4) is 0 Å². The average molecular weight is 737 g/mol. The van der Waals surface area contributed by atoms with Crippen molar-refractivity contribution in [3.63, 3.8) is 0 Å². The Morgan fingerprint density at radius 2 is 0.889 bits per heavy atom. The molecule has 0 saturated carbocycles. The first-order chi connectivity index (χ1) is 25.9. The summed E-state index contributed by atoms with van der Waals surface area (Å²) in [5, 5.41) is 4.37. The molecule has 0 aliphatic carbocycles. The molecule has 0 bridgehead atoms. The Morgan fingerprint density at radius 3 is 1.26 bits per heavy atom. The van der Waals surface area contributed by atoms with Gasteiger partial charge in [0.1, 0.15) is 24.7 Å². The molecule has 54 heavy (non-hydrogen) atoms. The van der Waals surface area contributed by atoms with Crippen LogP contribution in [0.2, 0.25) is 0 Å². The van der Waals surface area contributed by atoms with Gasteiger partial charge >= 0.3 is 0 Å². The minimum absolute atomic E-state index is 0.0350. The lowest BCUT2D eigenvalue weighted by molar-refractivity contribution is 0.00481. The predicted molar refractivity (Wildman–Crippen MR) is 216 cm³/mol. The zero-order valence-electron chi connectivity index (χ0n) is 33.4. The zero-order valence-corrected chi connectivity index (χ0v) is 33.4. The third-order valence-electron chi connectivity index (χ3n) is 10.1. The van der Waals surface area contributed by atoms with Gasteiger partial charge in [0, 0.05) is 17.0 Å². The Hall–Kier alpha value is -4.50. The Balaban J connectivity index is 1.72. The number of fused-ring (bicyclic) bond motifs is 6. The van der Waals surface area contributed by atoms with Crippen molar-refractivity contribution in [2.45, 2.75) is 58.3 Å². The van der Waals surface area contributed by atoms with Gasteiger partial charge in [-0.1, -0.05) is 90.1 Å². The molecular weight excluding hydrogens is 680 g/mol. The molecule has 0 fully saturated rings. The van der Waals surface area contributed by atoms with Gasteiger partial charge in [-0.05, 0) is 73.3 Å². The van der Waals surface area contributed by atoms with Crippen molar-refractivity contribution in [2.24, 2.45) is 0 Å². The van der Waals surface area contributed by atoms with Crippen LogP contribution in [0, 0.1) is 0 Å². The highest BCUT2D eigenvalue weighted by atomic mass is 16.6. The van der Waals surface area contributed by atoms with E-state index in [2.05, 4.69) is 102 Å². The molecule has 0 atom stereocenters. The molecule has 8 heteroatoms. The van der Waals surface area contributed by atoms with Crippen LogP contribution in [0.5, 0.6) is 28.7 Å². The summed E-state index contributed by atoms with van der Waals surface area (Å²) in [5.41, 5.74) is 5.36. The topological polar surface area (TPSA) is 73.8 Å². The molecule has 5 aromatic carbocycles. The van der Waals surface area contributed by atoms with Gasteiger partial charge in [-0.15, -0.1) is 0 Å². The van der Waals surface area contributed by atoms with E-state index in [0.717, 1.165) is 49.7 Å². The van der Waals surface area contributed by atoms with Crippen molar-refractivity contribution in [2.75, 3.05) is 74.2 Å². The average Bonchev–Trinajstić information content (AvgIpc) is 3.15. The quantitative estimate of drug-likeness (QED) is 0.181. The lowest BCUT2D eigenvalue weighted by Gasteiger charge is -2.29. The smallest absolute Gasteiger partial charge is 0.203 e. The number of benzene rings is 5. The van der Waals surface area contributed by atoms with Crippen LogP contribution in [0.4, 0.5) is 0 Å². The van der Waals surface area contributed by atoms with Crippen molar-refractivity contribution in [3.05, 3.63) is 101 Å². The first kappa shape index (κ1) is 39.2. The molecule has 5 aromatic rings. The van der Waals surface area contributed by atoms with Crippen molar-refractivity contribution in [3.8, 4) is 28.7 Å². The highest BCUT2D eigenvalue weighted by Gasteiger charge is 2.31. The van der Waals surface area contributed by atoms with E-state index >= 15 is 0 Å². The third-order valence-corrected chi connectivity index (χ3v) is 10.1. The molecule has 0 radical (unpaired) electrons. The van der Waals surface area contributed by atoms with E-state index < -0.39 is 5.92 Å². The van der Waals surface area contributed by atoms with Gasteiger partial charge in [0.2, 0.25) is 5.75 Å². The fourth-order valence-corrected chi connectivity index (χ4v) is 7.16. The Kier molecular flexibility index (Phi) is 12.3. The molecular formula is C46H56O8. The molecule has 8 nitrogen and oxygen atoms in total. The summed E-state index contributed by atoms with van der Waals surface area (Å²) in [7, 11) is 4.92. The Bertz CT molecular complexity index is 1910. The van der Waals surface area contributed by atoms with Crippen LogP contribution in [-0.2, 0) is 25.0 Å². The molecule has 6 rings (SSSR count). The Morgan fingerprint density at radius 1 is 0.481 bits per heavy atom. The molecule has 1 heterocycles. The number of rotatable bonds is 4. The maximum absolute atomic E-state index is 6.73. The molecule has 0 spiro atoms. The highest BCUT2D eigenvalue weighted by Crippen LogP contribution is 2.51. The number of methoxy groups -OCH3 is 3. The van der Waals surface area contributed by atoms with E-state index in [1.165, 1.54) is 11.1 Å². The summed E-state index contributed by atoms with van der Waals surface area (Å²) < 4.78 is 48.8. The van der Waals surface area contributed by atoms with Gasteiger partial charge in [-0.25, -0.2) is 0 Å². The largest absolute Gasteiger partial charge is 0.493 e. The van der Waals surface area contributed by atoms with E-state index in [9.17, 15) is 0 Å². The van der Waals surface area contributed by atoms with Crippen LogP contribution in [0.1, 0.15) is 75.3 Å². The number of ether oxygens (including phenoxy) is 8. The van der Waals surface area contributed by atoms with Crippen LogP contribution >= 0.6 is 0 Å². The minimum atomic E-state index is -0.411. The van der Waals surface area contributed by atoms with Crippen LogP contribution in [0.15, 0.2) is 72.8 Å². The highest BCUT2D eigenvalue weighted by molar-refractivity contribution is 5.94. The number of hydrogen-bond acceptors (Lipinski definition) is 8. The molecule has 0 amide bonds. The summed E-state index contributed by atoms with van der Waals surface area (Å²) in [6.07, 6.45) is 0. The predicted octanol–water partition coefficient (Wildman–Crippen LogP) is 9.62. The van der Waals surface area contributed by atoms with Crippen molar-refractivity contribution in [1.82, 2.24) is 0 Å². The van der Waals surface area contributed by atoms with Crippen molar-refractivity contribution in [1.29, 1.82) is 0 Å². The maximum Gasteiger partial charge on any atom is 0.203 e. The molecule has 1 aliphatic heterocycles. The van der Waals surface area contributed by atoms with Crippen molar-refractivity contribution >= 4 is 21.5 Å². The van der Waals surface area contributed by atoms with Gasteiger partial charge in [-0.2, -0.15) is 0 Å². The summed E-state index contributed by atoms with van der Waals surface area (Å²) in [4.78, 5) is 0. The molecule has 0 saturated heterocycles. The van der Waals surface area contributed by atoms with Gasteiger partial charge in [0.25, 0.3) is 0 Å². The monoisotopic (exact) mass is 736 g/mol. The molecule has 1 aliphatic rings. The number of hydrogen-bond donors (Lipinski definition) is 0. The van der Waals surface area contributed by atoms with Gasteiger partial charge in [0.15, 0.2) is 11.5 Å². The molecule has 288 valence electrons.